The predicted octanol–water partition coefficient (Wildman–Crippen LogP) is 12.6. The van der Waals surface area contributed by atoms with Crippen molar-refractivity contribution in [2.24, 2.45) is 0 Å². The van der Waals surface area contributed by atoms with Crippen LogP contribution in [0.3, 0.4) is 0 Å². The van der Waals surface area contributed by atoms with Gasteiger partial charge in [0.25, 0.3) is 0 Å². The number of carbonyl (C=O) groups excluding carboxylic acids is 2. The van der Waals surface area contributed by atoms with Crippen molar-refractivity contribution in [3.63, 3.8) is 0 Å². The van der Waals surface area contributed by atoms with Crippen molar-refractivity contribution in [1.29, 1.82) is 0 Å². The SMILES string of the molecule is COc1ccc(CN(Cc2ccc(OC)cc2)c2cc(C)c(I)c(-c3nc4c5c(nc(OC[C@@]67CCCN6C[C@H](F)C7)nc5c3F)N([C@H](C)c3cccnc3N(C(=O)OC(C)(C)C)C(=O)OC(C)(C)C)CCO4)c2Cl)cc1. The molecule has 0 aliphatic carbocycles. The fourth-order valence-corrected chi connectivity index (χ4v) is 11.5. The van der Waals surface area contributed by atoms with Gasteiger partial charge in [-0.05, 0) is 150 Å². The summed E-state index contributed by atoms with van der Waals surface area (Å²) < 4.78 is 69.6. The number of pyridine rings is 2. The van der Waals surface area contributed by atoms with E-state index >= 15 is 8.78 Å². The highest BCUT2D eigenvalue weighted by molar-refractivity contribution is 14.1. The minimum Gasteiger partial charge on any atom is -0.497 e. The van der Waals surface area contributed by atoms with Crippen LogP contribution >= 0.6 is 34.2 Å². The van der Waals surface area contributed by atoms with Crippen molar-refractivity contribution in [3.05, 3.63) is 110 Å². The van der Waals surface area contributed by atoms with E-state index in [9.17, 15) is 9.59 Å². The molecule has 9 rings (SSSR count). The average molecular weight is 1190 g/mol. The maximum Gasteiger partial charge on any atom is 0.425 e. The highest BCUT2D eigenvalue weighted by atomic mass is 127. The van der Waals surface area contributed by atoms with Crippen LogP contribution in [0.25, 0.3) is 22.2 Å². The zero-order chi connectivity index (χ0) is 55.1. The van der Waals surface area contributed by atoms with Crippen LogP contribution < -0.4 is 33.6 Å². The molecule has 2 fully saturated rings. The molecule has 77 heavy (non-hydrogen) atoms. The fraction of sp³-hybridized carbons (Fsp3) is 0.439. The first-order valence-electron chi connectivity index (χ1n) is 25.6. The van der Waals surface area contributed by atoms with Gasteiger partial charge in [0, 0.05) is 46.9 Å². The molecular weight excluding hydrogens is 1130 g/mol. The number of carbonyl (C=O) groups is 2. The first kappa shape index (κ1) is 55.4. The smallest absolute Gasteiger partial charge is 0.425 e. The molecule has 6 aromatic rings. The molecule has 6 heterocycles. The maximum atomic E-state index is 18.4. The zero-order valence-electron chi connectivity index (χ0n) is 45.0. The number of fused-ring (bicyclic) bond motifs is 1. The Morgan fingerprint density at radius 3 is 2.14 bits per heavy atom. The molecule has 2 amide bonds. The second-order valence-corrected chi connectivity index (χ2v) is 23.2. The number of benzene rings is 3. The number of nitrogens with zero attached hydrogens (tertiary/aromatic N) is 8. The van der Waals surface area contributed by atoms with Crippen molar-refractivity contribution in [2.75, 3.05) is 61.8 Å². The summed E-state index contributed by atoms with van der Waals surface area (Å²) in [6, 6.07) is 20.1. The van der Waals surface area contributed by atoms with Gasteiger partial charge in [0.05, 0.1) is 43.1 Å². The van der Waals surface area contributed by atoms with E-state index in [4.69, 9.17) is 55.0 Å². The second-order valence-electron chi connectivity index (χ2n) is 21.7. The Morgan fingerprint density at radius 1 is 0.922 bits per heavy atom. The molecule has 0 saturated carbocycles. The summed E-state index contributed by atoms with van der Waals surface area (Å²) in [4.78, 5) is 54.4. The predicted molar refractivity (Wildman–Crippen MR) is 300 cm³/mol. The lowest BCUT2D eigenvalue weighted by Crippen LogP contribution is -2.45. The Labute approximate surface area is 466 Å². The van der Waals surface area contributed by atoms with Gasteiger partial charge in [0.1, 0.15) is 64.5 Å². The number of aryl methyl sites for hydroxylation is 1. The molecule has 0 radical (unpaired) electrons. The normalized spacial score (nSPS) is 17.8. The molecule has 20 heteroatoms. The maximum absolute atomic E-state index is 18.4. The van der Waals surface area contributed by atoms with Crippen molar-refractivity contribution in [2.45, 2.75) is 117 Å². The minimum absolute atomic E-state index is 0.0266. The number of hydrogen-bond donors (Lipinski definition) is 0. The van der Waals surface area contributed by atoms with E-state index in [-0.39, 0.29) is 71.3 Å². The number of imide groups is 1. The molecule has 3 atom stereocenters. The average Bonchev–Trinajstić information content (AvgIpc) is 4.00. The second kappa shape index (κ2) is 22.2. The van der Waals surface area contributed by atoms with E-state index in [0.717, 1.165) is 46.1 Å². The van der Waals surface area contributed by atoms with Gasteiger partial charge >= 0.3 is 18.2 Å². The summed E-state index contributed by atoms with van der Waals surface area (Å²) in [7, 11) is 3.24. The Hall–Kier alpha value is -6.32. The van der Waals surface area contributed by atoms with Gasteiger partial charge in [-0.15, -0.1) is 0 Å². The summed E-state index contributed by atoms with van der Waals surface area (Å²) >= 11 is 9.81. The third-order valence-electron chi connectivity index (χ3n) is 13.9. The minimum atomic E-state index is -1.02. The Kier molecular flexibility index (Phi) is 16.0. The van der Waals surface area contributed by atoms with E-state index in [0.29, 0.717) is 46.4 Å². The number of hydrogen-bond acceptors (Lipinski definition) is 15. The number of methoxy groups -OCH3 is 2. The van der Waals surface area contributed by atoms with E-state index < -0.39 is 47.0 Å². The van der Waals surface area contributed by atoms with Crippen LogP contribution in [-0.2, 0) is 22.6 Å². The largest absolute Gasteiger partial charge is 0.497 e. The van der Waals surface area contributed by atoms with E-state index in [1.165, 1.54) is 6.20 Å². The molecule has 16 nitrogen and oxygen atoms in total. The summed E-state index contributed by atoms with van der Waals surface area (Å²) in [5.74, 6) is 0.822. The first-order chi connectivity index (χ1) is 36.6. The monoisotopic (exact) mass is 1190 g/mol. The number of alkyl halides is 1. The molecule has 0 bridgehead atoms. The van der Waals surface area contributed by atoms with Crippen LogP contribution in [0.1, 0.15) is 96.0 Å². The van der Waals surface area contributed by atoms with Gasteiger partial charge in [-0.25, -0.2) is 28.3 Å². The van der Waals surface area contributed by atoms with Gasteiger partial charge in [-0.2, -0.15) is 14.9 Å². The number of amides is 2. The number of ether oxygens (including phenoxy) is 6. The lowest BCUT2D eigenvalue weighted by atomic mass is 9.95. The van der Waals surface area contributed by atoms with E-state index in [1.54, 1.807) is 67.9 Å². The number of halogens is 4. The molecule has 0 N–H and O–H groups in total. The van der Waals surface area contributed by atoms with Crippen LogP contribution in [0.15, 0.2) is 72.9 Å². The summed E-state index contributed by atoms with van der Waals surface area (Å²) in [6.07, 6.45) is 0.321. The number of aromatic nitrogens is 4. The van der Waals surface area contributed by atoms with E-state index in [2.05, 4.69) is 37.4 Å². The summed E-state index contributed by atoms with van der Waals surface area (Å²) in [6.45, 7) is 16.0. The van der Waals surface area contributed by atoms with Crippen LogP contribution in [0, 0.1) is 16.3 Å². The third kappa shape index (κ3) is 11.8. The molecule has 3 aliphatic heterocycles. The van der Waals surface area contributed by atoms with Crippen molar-refractivity contribution in [3.8, 4) is 34.6 Å². The summed E-state index contributed by atoms with van der Waals surface area (Å²) in [5, 5.41) is 0.398. The molecule has 0 unspecified atom stereocenters. The Bertz CT molecular complexity index is 3100. The molecular formula is C57H64ClF2IN8O8. The van der Waals surface area contributed by atoms with Gasteiger partial charge in [-0.3, -0.25) is 4.90 Å². The van der Waals surface area contributed by atoms with Gasteiger partial charge in [0.2, 0.25) is 5.88 Å². The van der Waals surface area contributed by atoms with Gasteiger partial charge in [0.15, 0.2) is 11.6 Å². The quantitative estimate of drug-likeness (QED) is 0.0950. The molecule has 408 valence electrons. The molecule has 3 aliphatic rings. The fourth-order valence-electron chi connectivity index (χ4n) is 10.3. The van der Waals surface area contributed by atoms with Crippen LogP contribution in [0.2, 0.25) is 5.02 Å². The third-order valence-corrected chi connectivity index (χ3v) is 15.7. The van der Waals surface area contributed by atoms with Crippen LogP contribution in [0.4, 0.5) is 35.7 Å². The Morgan fingerprint density at radius 2 is 1.55 bits per heavy atom. The molecule has 3 aromatic heterocycles. The molecule has 0 spiro atoms. The highest BCUT2D eigenvalue weighted by Crippen LogP contribution is 2.48. The van der Waals surface area contributed by atoms with Crippen LogP contribution in [0.5, 0.6) is 23.4 Å². The molecule has 3 aromatic carbocycles. The Balaban J connectivity index is 1.20. The topological polar surface area (TPSA) is 154 Å². The van der Waals surface area contributed by atoms with Gasteiger partial charge in [-0.1, -0.05) is 41.9 Å². The number of rotatable bonds is 14. The number of anilines is 3. The zero-order valence-corrected chi connectivity index (χ0v) is 47.9. The summed E-state index contributed by atoms with van der Waals surface area (Å²) in [5.41, 5.74) is 1.32. The van der Waals surface area contributed by atoms with Crippen molar-refractivity contribution in [1.82, 2.24) is 24.8 Å². The van der Waals surface area contributed by atoms with E-state index in [1.807, 2.05) is 73.3 Å². The lowest BCUT2D eigenvalue weighted by molar-refractivity contribution is 0.0428. The van der Waals surface area contributed by atoms with Gasteiger partial charge < -0.3 is 38.2 Å². The highest BCUT2D eigenvalue weighted by Gasteiger charge is 2.49. The van der Waals surface area contributed by atoms with Crippen molar-refractivity contribution < 1.29 is 46.8 Å². The lowest BCUT2D eigenvalue weighted by Gasteiger charge is -2.33. The molecule has 2 saturated heterocycles. The standard InChI is InChI=1S/C57H64ClF2IN8O8/c1-33-27-41(66(29-35-14-18-38(72-9)19-15-35)30-36-16-20-39(73-10)21-17-36)44(58)42(46(33)61)47-45(60)48-43-50(65-52(64-48)75-32-57-22-12-24-67(57)31-37(59)28-57)68(25-26-74-51(43)63-47)34(2)40-13-11-23-62-49(40)69(53(70)76-55(3,4)5)54(71)77-56(6,7)8/h11,13-21,23,27,34,37H,12,22,24-26,28-32H2,1-10H3/t34-,37-,57+/m1/s1. The first-order valence-corrected chi connectivity index (χ1v) is 27.1. The van der Waals surface area contributed by atoms with Crippen LogP contribution in [-0.4, -0.2) is 107 Å². The van der Waals surface area contributed by atoms with Crippen molar-refractivity contribution >= 4 is 74.6 Å².